The van der Waals surface area contributed by atoms with Crippen LogP contribution in [0.25, 0.3) is 0 Å². The third kappa shape index (κ3) is 4.47. The number of allylic oxidation sites excluding steroid dienone is 1. The summed E-state index contributed by atoms with van der Waals surface area (Å²) in [7, 11) is 0. The average molecular weight is 212 g/mol. The standard InChI is InChI=1S/C12H20O3/c1-4-5-6-11-8-12(15-10(3)13)7-9(2)14-11/h4-5,9,11-12H,6-8H2,1-3H3/b5-4+/t9-,11+,12+/m0/s1. The predicted molar refractivity (Wildman–Crippen MR) is 58.6 cm³/mol. The molecule has 0 unspecified atom stereocenters. The van der Waals surface area contributed by atoms with Crippen molar-refractivity contribution in [2.75, 3.05) is 0 Å². The Labute approximate surface area is 91.4 Å². The summed E-state index contributed by atoms with van der Waals surface area (Å²) in [5.41, 5.74) is 0. The minimum Gasteiger partial charge on any atom is -0.462 e. The second kappa shape index (κ2) is 5.91. The summed E-state index contributed by atoms with van der Waals surface area (Å²) in [5, 5.41) is 0. The van der Waals surface area contributed by atoms with Crippen molar-refractivity contribution >= 4 is 5.97 Å². The number of carbonyl (C=O) groups excluding carboxylic acids is 1. The zero-order valence-electron chi connectivity index (χ0n) is 9.73. The van der Waals surface area contributed by atoms with E-state index < -0.39 is 0 Å². The normalized spacial score (nSPS) is 31.8. The summed E-state index contributed by atoms with van der Waals surface area (Å²) < 4.78 is 11.0. The molecule has 1 aliphatic rings. The number of hydrogen-bond acceptors (Lipinski definition) is 3. The van der Waals surface area contributed by atoms with Gasteiger partial charge in [-0.25, -0.2) is 0 Å². The van der Waals surface area contributed by atoms with Crippen molar-refractivity contribution in [3.05, 3.63) is 12.2 Å². The molecule has 15 heavy (non-hydrogen) atoms. The molecule has 1 saturated heterocycles. The summed E-state index contributed by atoms with van der Waals surface area (Å²) >= 11 is 0. The molecule has 86 valence electrons. The number of hydrogen-bond donors (Lipinski definition) is 0. The summed E-state index contributed by atoms with van der Waals surface area (Å²) in [6.07, 6.45) is 7.03. The Morgan fingerprint density at radius 1 is 1.53 bits per heavy atom. The second-order valence-corrected chi connectivity index (χ2v) is 4.08. The van der Waals surface area contributed by atoms with Crippen LogP contribution in [0.4, 0.5) is 0 Å². The highest BCUT2D eigenvalue weighted by molar-refractivity contribution is 5.66. The van der Waals surface area contributed by atoms with Crippen LogP contribution >= 0.6 is 0 Å². The van der Waals surface area contributed by atoms with Crippen LogP contribution in [-0.2, 0) is 14.3 Å². The Morgan fingerprint density at radius 3 is 2.87 bits per heavy atom. The molecule has 0 N–H and O–H groups in total. The van der Waals surface area contributed by atoms with Crippen molar-refractivity contribution in [1.82, 2.24) is 0 Å². The van der Waals surface area contributed by atoms with E-state index >= 15 is 0 Å². The Hall–Kier alpha value is -0.830. The molecule has 0 spiro atoms. The number of ether oxygens (including phenoxy) is 2. The lowest BCUT2D eigenvalue weighted by molar-refractivity contribution is -0.157. The lowest BCUT2D eigenvalue weighted by Gasteiger charge is -2.32. The van der Waals surface area contributed by atoms with Crippen LogP contribution in [0.3, 0.4) is 0 Å². The SMILES string of the molecule is C/C=C/C[C@@H]1C[C@H](OC(C)=O)C[C@H](C)O1. The van der Waals surface area contributed by atoms with Crippen molar-refractivity contribution < 1.29 is 14.3 Å². The van der Waals surface area contributed by atoms with Crippen LogP contribution in [0.2, 0.25) is 0 Å². The van der Waals surface area contributed by atoms with Gasteiger partial charge in [-0.2, -0.15) is 0 Å². The van der Waals surface area contributed by atoms with Crippen LogP contribution in [0.5, 0.6) is 0 Å². The van der Waals surface area contributed by atoms with E-state index in [0.717, 1.165) is 19.3 Å². The van der Waals surface area contributed by atoms with Crippen LogP contribution in [0.1, 0.15) is 40.0 Å². The van der Waals surface area contributed by atoms with E-state index in [9.17, 15) is 4.79 Å². The van der Waals surface area contributed by atoms with Gasteiger partial charge in [-0.05, 0) is 20.3 Å². The molecule has 0 aromatic carbocycles. The zero-order valence-corrected chi connectivity index (χ0v) is 9.73. The monoisotopic (exact) mass is 212 g/mol. The van der Waals surface area contributed by atoms with Gasteiger partial charge in [-0.15, -0.1) is 0 Å². The van der Waals surface area contributed by atoms with Gasteiger partial charge in [0.15, 0.2) is 0 Å². The van der Waals surface area contributed by atoms with E-state index in [1.165, 1.54) is 6.92 Å². The lowest BCUT2D eigenvalue weighted by Crippen LogP contribution is -2.36. The Bertz CT molecular complexity index is 235. The molecule has 1 heterocycles. The van der Waals surface area contributed by atoms with E-state index in [0.29, 0.717) is 0 Å². The van der Waals surface area contributed by atoms with Crippen molar-refractivity contribution in [3.8, 4) is 0 Å². The molecule has 0 bridgehead atoms. The molecule has 0 amide bonds. The Morgan fingerprint density at radius 2 is 2.27 bits per heavy atom. The molecule has 0 aromatic heterocycles. The van der Waals surface area contributed by atoms with Crippen molar-refractivity contribution in [3.63, 3.8) is 0 Å². The predicted octanol–water partition coefficient (Wildman–Crippen LogP) is 2.45. The fourth-order valence-corrected chi connectivity index (χ4v) is 1.97. The second-order valence-electron chi connectivity index (χ2n) is 4.08. The van der Waals surface area contributed by atoms with Crippen LogP contribution in [0.15, 0.2) is 12.2 Å². The van der Waals surface area contributed by atoms with Gasteiger partial charge < -0.3 is 9.47 Å². The maximum atomic E-state index is 10.9. The minimum absolute atomic E-state index is 0.0292. The summed E-state index contributed by atoms with van der Waals surface area (Å²) in [6.45, 7) is 5.48. The molecule has 0 radical (unpaired) electrons. The molecule has 0 saturated carbocycles. The third-order valence-electron chi connectivity index (χ3n) is 2.51. The molecular weight excluding hydrogens is 192 g/mol. The molecule has 1 rings (SSSR count). The topological polar surface area (TPSA) is 35.5 Å². The molecule has 1 fully saturated rings. The molecule has 3 atom stereocenters. The highest BCUT2D eigenvalue weighted by Gasteiger charge is 2.28. The highest BCUT2D eigenvalue weighted by atomic mass is 16.6. The van der Waals surface area contributed by atoms with Gasteiger partial charge in [0.25, 0.3) is 0 Å². The van der Waals surface area contributed by atoms with Crippen LogP contribution < -0.4 is 0 Å². The smallest absolute Gasteiger partial charge is 0.302 e. The van der Waals surface area contributed by atoms with Gasteiger partial charge >= 0.3 is 5.97 Å². The number of rotatable bonds is 3. The van der Waals surface area contributed by atoms with E-state index in [1.54, 1.807) is 0 Å². The molecule has 0 aliphatic carbocycles. The van der Waals surface area contributed by atoms with Gasteiger partial charge in [0.05, 0.1) is 12.2 Å². The largest absolute Gasteiger partial charge is 0.462 e. The van der Waals surface area contributed by atoms with Gasteiger partial charge in [0.1, 0.15) is 6.10 Å². The third-order valence-corrected chi connectivity index (χ3v) is 2.51. The first-order valence-corrected chi connectivity index (χ1v) is 5.55. The lowest BCUT2D eigenvalue weighted by atomic mass is 9.99. The fourth-order valence-electron chi connectivity index (χ4n) is 1.97. The van der Waals surface area contributed by atoms with Gasteiger partial charge in [0, 0.05) is 19.8 Å². The van der Waals surface area contributed by atoms with Crippen LogP contribution in [0, 0.1) is 0 Å². The molecule has 3 nitrogen and oxygen atoms in total. The minimum atomic E-state index is -0.195. The first-order valence-electron chi connectivity index (χ1n) is 5.55. The van der Waals surface area contributed by atoms with E-state index in [1.807, 2.05) is 19.9 Å². The quantitative estimate of drug-likeness (QED) is 0.532. The maximum Gasteiger partial charge on any atom is 0.302 e. The van der Waals surface area contributed by atoms with Gasteiger partial charge in [0.2, 0.25) is 0 Å². The van der Waals surface area contributed by atoms with E-state index in [2.05, 4.69) is 6.08 Å². The number of carbonyl (C=O) groups is 1. The van der Waals surface area contributed by atoms with Crippen molar-refractivity contribution in [1.29, 1.82) is 0 Å². The Balaban J connectivity index is 2.44. The molecule has 0 aromatic rings. The zero-order chi connectivity index (χ0) is 11.3. The first-order chi connectivity index (χ1) is 7.11. The number of esters is 1. The van der Waals surface area contributed by atoms with E-state index in [-0.39, 0.29) is 24.3 Å². The average Bonchev–Trinajstić information content (AvgIpc) is 2.12. The summed E-state index contributed by atoms with van der Waals surface area (Å²) in [5.74, 6) is -0.195. The summed E-state index contributed by atoms with van der Waals surface area (Å²) in [4.78, 5) is 10.9. The Kier molecular flexibility index (Phi) is 4.82. The van der Waals surface area contributed by atoms with Gasteiger partial charge in [-0.1, -0.05) is 12.2 Å². The van der Waals surface area contributed by atoms with Crippen molar-refractivity contribution in [2.24, 2.45) is 0 Å². The van der Waals surface area contributed by atoms with Crippen LogP contribution in [-0.4, -0.2) is 24.3 Å². The highest BCUT2D eigenvalue weighted by Crippen LogP contribution is 2.24. The molecular formula is C12H20O3. The van der Waals surface area contributed by atoms with E-state index in [4.69, 9.17) is 9.47 Å². The summed E-state index contributed by atoms with van der Waals surface area (Å²) in [6, 6.07) is 0. The molecule has 3 heteroatoms. The molecule has 1 aliphatic heterocycles. The fraction of sp³-hybridized carbons (Fsp3) is 0.750. The maximum absolute atomic E-state index is 10.9. The van der Waals surface area contributed by atoms with Gasteiger partial charge in [-0.3, -0.25) is 4.79 Å². The first kappa shape index (κ1) is 12.2. The van der Waals surface area contributed by atoms with Crippen molar-refractivity contribution in [2.45, 2.75) is 58.3 Å².